The molecule has 0 radical (unpaired) electrons. The number of nitrogens with zero attached hydrogens (tertiary/aromatic N) is 4. The van der Waals surface area contributed by atoms with Crippen molar-refractivity contribution in [1.29, 1.82) is 5.26 Å². The average molecular weight is 289 g/mol. The molecular weight excluding hydrogens is 284 g/mol. The van der Waals surface area contributed by atoms with Crippen LogP contribution in [-0.4, -0.2) is 20.4 Å². The van der Waals surface area contributed by atoms with Crippen molar-refractivity contribution >= 4 is 34.2 Å². The van der Waals surface area contributed by atoms with Crippen molar-refractivity contribution in [2.75, 3.05) is 0 Å². The molecule has 0 fully saturated rings. The standard InChI is InChI=1S/C12H5ClN4OS/c13-11-10(16-12(19-11)9(18)5-14)7-6-15-17-4-2-1-3-8(7)17/h1-4,6H. The Labute approximate surface area is 116 Å². The Morgan fingerprint density at radius 2 is 2.32 bits per heavy atom. The smallest absolute Gasteiger partial charge is 0.274 e. The van der Waals surface area contributed by atoms with Crippen molar-refractivity contribution in [3.63, 3.8) is 0 Å². The molecule has 0 aliphatic heterocycles. The van der Waals surface area contributed by atoms with Crippen LogP contribution in [0.25, 0.3) is 16.8 Å². The molecule has 0 amide bonds. The van der Waals surface area contributed by atoms with E-state index in [-0.39, 0.29) is 5.01 Å². The molecule has 0 saturated heterocycles. The van der Waals surface area contributed by atoms with Gasteiger partial charge in [0.15, 0.2) is 5.01 Å². The second-order valence-corrected chi connectivity index (χ2v) is 5.27. The molecule has 3 rings (SSSR count). The van der Waals surface area contributed by atoms with Crippen LogP contribution in [0, 0.1) is 11.3 Å². The molecule has 0 atom stereocenters. The highest BCUT2D eigenvalue weighted by molar-refractivity contribution is 7.18. The second kappa shape index (κ2) is 4.46. The van der Waals surface area contributed by atoms with Crippen LogP contribution in [0.3, 0.4) is 0 Å². The van der Waals surface area contributed by atoms with Crippen LogP contribution in [0.5, 0.6) is 0 Å². The minimum Gasteiger partial charge on any atom is -0.274 e. The second-order valence-electron chi connectivity index (χ2n) is 3.67. The molecule has 5 nitrogen and oxygen atoms in total. The van der Waals surface area contributed by atoms with Crippen molar-refractivity contribution in [2.45, 2.75) is 0 Å². The van der Waals surface area contributed by atoms with Crippen LogP contribution in [0.1, 0.15) is 9.80 Å². The number of pyridine rings is 1. The molecule has 19 heavy (non-hydrogen) atoms. The van der Waals surface area contributed by atoms with E-state index in [2.05, 4.69) is 10.1 Å². The molecule has 7 heteroatoms. The lowest BCUT2D eigenvalue weighted by molar-refractivity contribution is 0.105. The van der Waals surface area contributed by atoms with Crippen molar-refractivity contribution < 1.29 is 4.79 Å². The molecule has 3 aromatic heterocycles. The zero-order valence-corrected chi connectivity index (χ0v) is 10.9. The van der Waals surface area contributed by atoms with Gasteiger partial charge in [0.1, 0.15) is 16.1 Å². The van der Waals surface area contributed by atoms with E-state index in [1.54, 1.807) is 16.9 Å². The monoisotopic (exact) mass is 288 g/mol. The molecule has 0 unspecified atom stereocenters. The van der Waals surface area contributed by atoms with E-state index in [1.807, 2.05) is 18.2 Å². The van der Waals surface area contributed by atoms with Gasteiger partial charge in [-0.15, -0.1) is 0 Å². The van der Waals surface area contributed by atoms with Crippen LogP contribution in [0.15, 0.2) is 30.6 Å². The van der Waals surface area contributed by atoms with Gasteiger partial charge in [0.05, 0.1) is 11.7 Å². The van der Waals surface area contributed by atoms with Crippen molar-refractivity contribution in [2.24, 2.45) is 0 Å². The highest BCUT2D eigenvalue weighted by Gasteiger charge is 2.18. The Hall–Kier alpha value is -2.23. The Morgan fingerprint density at radius 3 is 3.11 bits per heavy atom. The van der Waals surface area contributed by atoms with Crippen LogP contribution in [0.4, 0.5) is 0 Å². The SMILES string of the molecule is N#CC(=O)c1nc(-c2cnn3ccccc23)c(Cl)s1. The molecule has 0 aromatic carbocycles. The van der Waals surface area contributed by atoms with Gasteiger partial charge >= 0.3 is 0 Å². The Morgan fingerprint density at radius 1 is 1.47 bits per heavy atom. The van der Waals surface area contributed by atoms with Crippen LogP contribution in [0.2, 0.25) is 4.34 Å². The summed E-state index contributed by atoms with van der Waals surface area (Å²) in [6.07, 6.45) is 3.44. The zero-order chi connectivity index (χ0) is 13.4. The highest BCUT2D eigenvalue weighted by Crippen LogP contribution is 2.34. The number of thiazole rings is 1. The first kappa shape index (κ1) is 11.8. The third kappa shape index (κ3) is 1.89. The number of nitriles is 1. The lowest BCUT2D eigenvalue weighted by Gasteiger charge is -1.95. The van der Waals surface area contributed by atoms with Gasteiger partial charge in [-0.25, -0.2) is 9.50 Å². The summed E-state index contributed by atoms with van der Waals surface area (Å²) in [6, 6.07) is 7.15. The number of carbonyl (C=O) groups is 1. The molecular formula is C12H5ClN4OS. The topological polar surface area (TPSA) is 71.0 Å². The molecule has 0 bridgehead atoms. The molecule has 0 spiro atoms. The molecule has 0 N–H and O–H groups in total. The summed E-state index contributed by atoms with van der Waals surface area (Å²) in [6.45, 7) is 0. The first-order chi connectivity index (χ1) is 9.20. The number of hydrogen-bond acceptors (Lipinski definition) is 5. The zero-order valence-electron chi connectivity index (χ0n) is 9.37. The quantitative estimate of drug-likeness (QED) is 0.537. The minimum atomic E-state index is -0.686. The number of carbonyl (C=O) groups excluding carboxylic acids is 1. The number of hydrogen-bond donors (Lipinski definition) is 0. The maximum absolute atomic E-state index is 11.3. The first-order valence-electron chi connectivity index (χ1n) is 5.24. The number of halogens is 1. The van der Waals surface area contributed by atoms with Gasteiger partial charge in [-0.3, -0.25) is 4.79 Å². The van der Waals surface area contributed by atoms with Gasteiger partial charge in [0.2, 0.25) is 0 Å². The van der Waals surface area contributed by atoms with Crippen molar-refractivity contribution in [3.8, 4) is 17.3 Å². The molecule has 0 saturated carbocycles. The van der Waals surface area contributed by atoms with Gasteiger partial charge in [0, 0.05) is 11.8 Å². The largest absolute Gasteiger partial charge is 0.290 e. The highest BCUT2D eigenvalue weighted by atomic mass is 35.5. The Balaban J connectivity index is 2.20. The summed E-state index contributed by atoms with van der Waals surface area (Å²) in [7, 11) is 0. The van der Waals surface area contributed by atoms with Crippen LogP contribution < -0.4 is 0 Å². The molecule has 3 aromatic rings. The lowest BCUT2D eigenvalue weighted by Crippen LogP contribution is -1.92. The Bertz CT molecular complexity index is 830. The van der Waals surface area contributed by atoms with Gasteiger partial charge in [-0.1, -0.05) is 29.0 Å². The number of fused-ring (bicyclic) bond motifs is 1. The predicted molar refractivity (Wildman–Crippen MR) is 71.3 cm³/mol. The maximum atomic E-state index is 11.3. The van der Waals surface area contributed by atoms with E-state index in [9.17, 15) is 4.79 Å². The number of Topliss-reactive ketones (excluding diaryl/α,β-unsaturated/α-hetero) is 1. The van der Waals surface area contributed by atoms with Gasteiger partial charge in [-0.05, 0) is 12.1 Å². The fraction of sp³-hybridized carbons (Fsp3) is 0. The summed E-state index contributed by atoms with van der Waals surface area (Å²) < 4.78 is 2.06. The molecule has 92 valence electrons. The molecule has 0 aliphatic carbocycles. The first-order valence-corrected chi connectivity index (χ1v) is 6.43. The van der Waals surface area contributed by atoms with E-state index < -0.39 is 5.78 Å². The summed E-state index contributed by atoms with van der Waals surface area (Å²) in [5.74, 6) is -0.686. The fourth-order valence-corrected chi connectivity index (χ4v) is 2.79. The predicted octanol–water partition coefficient (Wildman–Crippen LogP) is 2.82. The lowest BCUT2D eigenvalue weighted by atomic mass is 10.2. The van der Waals surface area contributed by atoms with Crippen LogP contribution in [-0.2, 0) is 0 Å². The fourth-order valence-electron chi connectivity index (χ4n) is 1.73. The number of rotatable bonds is 2. The van der Waals surface area contributed by atoms with E-state index in [4.69, 9.17) is 16.9 Å². The van der Waals surface area contributed by atoms with Gasteiger partial charge in [0.25, 0.3) is 5.78 Å². The van der Waals surface area contributed by atoms with Gasteiger partial charge in [-0.2, -0.15) is 10.4 Å². The van der Waals surface area contributed by atoms with E-state index >= 15 is 0 Å². The number of aromatic nitrogens is 3. The van der Waals surface area contributed by atoms with Gasteiger partial charge < -0.3 is 0 Å². The third-order valence-electron chi connectivity index (χ3n) is 2.56. The van der Waals surface area contributed by atoms with E-state index in [1.165, 1.54) is 6.07 Å². The maximum Gasteiger partial charge on any atom is 0.290 e. The molecule has 0 aliphatic rings. The average Bonchev–Trinajstić information content (AvgIpc) is 3.01. The minimum absolute atomic E-state index is 0.0952. The van der Waals surface area contributed by atoms with Crippen LogP contribution >= 0.6 is 22.9 Å². The van der Waals surface area contributed by atoms with E-state index in [0.29, 0.717) is 10.0 Å². The van der Waals surface area contributed by atoms with E-state index in [0.717, 1.165) is 22.4 Å². The molecule has 3 heterocycles. The summed E-state index contributed by atoms with van der Waals surface area (Å²) >= 11 is 7.09. The summed E-state index contributed by atoms with van der Waals surface area (Å²) in [4.78, 5) is 15.5. The summed E-state index contributed by atoms with van der Waals surface area (Å²) in [5.41, 5.74) is 2.05. The van der Waals surface area contributed by atoms with Crippen molar-refractivity contribution in [1.82, 2.24) is 14.6 Å². The Kier molecular flexibility index (Phi) is 2.78. The normalized spacial score (nSPS) is 10.5. The number of ketones is 1. The summed E-state index contributed by atoms with van der Waals surface area (Å²) in [5, 5.41) is 12.9. The third-order valence-corrected chi connectivity index (χ3v) is 3.82. The van der Waals surface area contributed by atoms with Crippen molar-refractivity contribution in [3.05, 3.63) is 39.9 Å².